The molecule has 2 aliphatic rings. The number of rotatable bonds is 5. The average molecular weight is 240 g/mol. The number of hydrogen-bond acceptors (Lipinski definition) is 3. The lowest BCUT2D eigenvalue weighted by Gasteiger charge is -2.29. The number of nitrogens with zero attached hydrogens (tertiary/aromatic N) is 1. The van der Waals surface area contributed by atoms with Gasteiger partial charge in [-0.3, -0.25) is 4.90 Å². The topological polar surface area (TPSA) is 24.5 Å². The zero-order chi connectivity index (χ0) is 12.1. The zero-order valence-corrected chi connectivity index (χ0v) is 11.5. The highest BCUT2D eigenvalue weighted by atomic mass is 16.5. The van der Waals surface area contributed by atoms with Crippen LogP contribution in [-0.2, 0) is 4.74 Å². The van der Waals surface area contributed by atoms with Crippen LogP contribution in [0.1, 0.15) is 46.0 Å². The summed E-state index contributed by atoms with van der Waals surface area (Å²) in [5.41, 5.74) is 0. The van der Waals surface area contributed by atoms with E-state index in [0.717, 1.165) is 31.8 Å². The number of nitrogens with one attached hydrogen (secondary N) is 1. The third-order valence-corrected chi connectivity index (χ3v) is 4.45. The van der Waals surface area contributed by atoms with E-state index in [0.29, 0.717) is 6.04 Å². The van der Waals surface area contributed by atoms with E-state index in [4.69, 9.17) is 4.74 Å². The number of ether oxygens (including phenoxy) is 1. The van der Waals surface area contributed by atoms with E-state index >= 15 is 0 Å². The van der Waals surface area contributed by atoms with Crippen LogP contribution in [0.25, 0.3) is 0 Å². The molecule has 1 N–H and O–H groups in total. The van der Waals surface area contributed by atoms with Crippen LogP contribution < -0.4 is 5.32 Å². The second kappa shape index (κ2) is 6.72. The van der Waals surface area contributed by atoms with Crippen molar-refractivity contribution in [3.63, 3.8) is 0 Å². The third-order valence-electron chi connectivity index (χ3n) is 4.45. The molecule has 0 aromatic carbocycles. The molecule has 100 valence electrons. The van der Waals surface area contributed by atoms with Gasteiger partial charge in [-0.05, 0) is 39.0 Å². The molecule has 2 unspecified atom stereocenters. The Hall–Kier alpha value is -0.120. The van der Waals surface area contributed by atoms with Gasteiger partial charge >= 0.3 is 0 Å². The SMILES string of the molecule is CCC1CCC(C)N1CCNC1CCOCC1. The van der Waals surface area contributed by atoms with Crippen molar-refractivity contribution in [2.45, 2.75) is 64.1 Å². The van der Waals surface area contributed by atoms with Crippen molar-refractivity contribution >= 4 is 0 Å². The summed E-state index contributed by atoms with van der Waals surface area (Å²) in [6.45, 7) is 8.94. The first-order valence-corrected chi connectivity index (χ1v) is 7.38. The molecule has 2 aliphatic heterocycles. The van der Waals surface area contributed by atoms with Gasteiger partial charge in [0.25, 0.3) is 0 Å². The largest absolute Gasteiger partial charge is 0.381 e. The maximum absolute atomic E-state index is 5.38. The van der Waals surface area contributed by atoms with Gasteiger partial charge in [0, 0.05) is 44.4 Å². The van der Waals surface area contributed by atoms with E-state index < -0.39 is 0 Å². The fourth-order valence-electron chi connectivity index (χ4n) is 3.27. The normalized spacial score (nSPS) is 32.1. The molecule has 2 fully saturated rings. The average Bonchev–Trinajstić information content (AvgIpc) is 2.72. The van der Waals surface area contributed by atoms with Crippen molar-refractivity contribution < 1.29 is 4.74 Å². The minimum absolute atomic E-state index is 0.696. The van der Waals surface area contributed by atoms with Crippen molar-refractivity contribution in [2.75, 3.05) is 26.3 Å². The predicted octanol–water partition coefficient (Wildman–Crippen LogP) is 2.02. The Labute approximate surface area is 106 Å². The molecule has 2 heterocycles. The van der Waals surface area contributed by atoms with Crippen molar-refractivity contribution in [3.8, 4) is 0 Å². The lowest BCUT2D eigenvalue weighted by atomic mass is 10.1. The van der Waals surface area contributed by atoms with Crippen LogP contribution in [0.4, 0.5) is 0 Å². The quantitative estimate of drug-likeness (QED) is 0.795. The number of hydrogen-bond donors (Lipinski definition) is 1. The van der Waals surface area contributed by atoms with Crippen molar-refractivity contribution in [3.05, 3.63) is 0 Å². The molecule has 0 spiro atoms. The van der Waals surface area contributed by atoms with Gasteiger partial charge in [0.2, 0.25) is 0 Å². The lowest BCUT2D eigenvalue weighted by molar-refractivity contribution is 0.0765. The fourth-order valence-corrected chi connectivity index (χ4v) is 3.27. The molecule has 0 aromatic heterocycles. The summed E-state index contributed by atoms with van der Waals surface area (Å²) in [5.74, 6) is 0. The molecular weight excluding hydrogens is 212 g/mol. The molecule has 3 nitrogen and oxygen atoms in total. The molecule has 0 saturated carbocycles. The van der Waals surface area contributed by atoms with E-state index in [1.165, 1.54) is 38.6 Å². The highest BCUT2D eigenvalue weighted by Gasteiger charge is 2.28. The summed E-state index contributed by atoms with van der Waals surface area (Å²) in [6, 6.07) is 2.32. The summed E-state index contributed by atoms with van der Waals surface area (Å²) in [7, 11) is 0. The van der Waals surface area contributed by atoms with E-state index in [2.05, 4.69) is 24.1 Å². The van der Waals surface area contributed by atoms with E-state index in [9.17, 15) is 0 Å². The Balaban J connectivity index is 1.66. The van der Waals surface area contributed by atoms with Crippen LogP contribution in [0.2, 0.25) is 0 Å². The van der Waals surface area contributed by atoms with Gasteiger partial charge < -0.3 is 10.1 Å². The maximum Gasteiger partial charge on any atom is 0.0480 e. The monoisotopic (exact) mass is 240 g/mol. The second-order valence-electron chi connectivity index (χ2n) is 5.57. The molecule has 0 radical (unpaired) electrons. The predicted molar refractivity (Wildman–Crippen MR) is 71.3 cm³/mol. The van der Waals surface area contributed by atoms with Crippen molar-refractivity contribution in [2.24, 2.45) is 0 Å². The Morgan fingerprint density at radius 2 is 1.94 bits per heavy atom. The van der Waals surface area contributed by atoms with E-state index in [1.807, 2.05) is 0 Å². The van der Waals surface area contributed by atoms with E-state index in [1.54, 1.807) is 0 Å². The molecular formula is C14H28N2O. The van der Waals surface area contributed by atoms with Gasteiger partial charge in [0.05, 0.1) is 0 Å². The molecule has 2 rings (SSSR count). The van der Waals surface area contributed by atoms with Gasteiger partial charge in [0.1, 0.15) is 0 Å². The molecule has 17 heavy (non-hydrogen) atoms. The van der Waals surface area contributed by atoms with Crippen molar-refractivity contribution in [1.82, 2.24) is 10.2 Å². The Bertz CT molecular complexity index is 216. The summed E-state index contributed by atoms with van der Waals surface area (Å²) in [5, 5.41) is 3.69. The molecule has 0 amide bonds. The van der Waals surface area contributed by atoms with Crippen LogP contribution in [-0.4, -0.2) is 49.3 Å². The molecule has 2 atom stereocenters. The highest BCUT2D eigenvalue weighted by Crippen LogP contribution is 2.25. The van der Waals surface area contributed by atoms with Crippen LogP contribution in [0, 0.1) is 0 Å². The summed E-state index contributed by atoms with van der Waals surface area (Å²) in [4.78, 5) is 2.70. The molecule has 3 heteroatoms. The first-order valence-electron chi connectivity index (χ1n) is 7.38. The minimum Gasteiger partial charge on any atom is -0.381 e. The summed E-state index contributed by atoms with van der Waals surface area (Å²) < 4.78 is 5.38. The third kappa shape index (κ3) is 3.67. The highest BCUT2D eigenvalue weighted by molar-refractivity contribution is 4.85. The molecule has 0 aliphatic carbocycles. The minimum atomic E-state index is 0.696. The molecule has 0 aromatic rings. The molecule has 2 saturated heterocycles. The standard InChI is InChI=1S/C14H28N2O/c1-3-14-5-4-12(2)16(14)9-8-15-13-6-10-17-11-7-13/h12-15H,3-11H2,1-2H3. The molecule has 0 bridgehead atoms. The summed E-state index contributed by atoms with van der Waals surface area (Å²) in [6.07, 6.45) is 6.46. The van der Waals surface area contributed by atoms with Gasteiger partial charge in [-0.1, -0.05) is 6.92 Å². The number of likely N-dealkylation sites (tertiary alicyclic amines) is 1. The maximum atomic E-state index is 5.38. The van der Waals surface area contributed by atoms with Crippen molar-refractivity contribution in [1.29, 1.82) is 0 Å². The van der Waals surface area contributed by atoms with Gasteiger partial charge in [-0.15, -0.1) is 0 Å². The van der Waals surface area contributed by atoms with Crippen LogP contribution in [0.15, 0.2) is 0 Å². The first kappa shape index (κ1) is 13.3. The Morgan fingerprint density at radius 1 is 1.18 bits per heavy atom. The Kier molecular flexibility index (Phi) is 5.26. The first-order chi connectivity index (χ1) is 8.31. The van der Waals surface area contributed by atoms with E-state index in [-0.39, 0.29) is 0 Å². The van der Waals surface area contributed by atoms with Crippen LogP contribution >= 0.6 is 0 Å². The smallest absolute Gasteiger partial charge is 0.0480 e. The van der Waals surface area contributed by atoms with Crippen LogP contribution in [0.3, 0.4) is 0 Å². The van der Waals surface area contributed by atoms with Crippen LogP contribution in [0.5, 0.6) is 0 Å². The van der Waals surface area contributed by atoms with Gasteiger partial charge in [-0.25, -0.2) is 0 Å². The second-order valence-corrected chi connectivity index (χ2v) is 5.57. The zero-order valence-electron chi connectivity index (χ0n) is 11.5. The van der Waals surface area contributed by atoms with Gasteiger partial charge in [-0.2, -0.15) is 0 Å². The summed E-state index contributed by atoms with van der Waals surface area (Å²) >= 11 is 0. The lowest BCUT2D eigenvalue weighted by Crippen LogP contribution is -2.43. The van der Waals surface area contributed by atoms with Gasteiger partial charge in [0.15, 0.2) is 0 Å². The fraction of sp³-hybridized carbons (Fsp3) is 1.00. The Morgan fingerprint density at radius 3 is 2.65 bits per heavy atom.